The molecule has 1 aromatic carbocycles. The van der Waals surface area contributed by atoms with Crippen molar-refractivity contribution in [1.29, 1.82) is 0 Å². The van der Waals surface area contributed by atoms with Crippen molar-refractivity contribution in [2.45, 2.75) is 20.5 Å². The zero-order chi connectivity index (χ0) is 10.0. The molecule has 0 unspecified atom stereocenters. The van der Waals surface area contributed by atoms with Gasteiger partial charge in [0.25, 0.3) is 5.69 Å². The van der Waals surface area contributed by atoms with Crippen LogP contribution in [0.25, 0.3) is 0 Å². The molecule has 3 nitrogen and oxygen atoms in total. The van der Waals surface area contributed by atoms with Crippen LogP contribution in [0.4, 0.5) is 10.1 Å². The smallest absolute Gasteiger partial charge is 0.258 e. The summed E-state index contributed by atoms with van der Waals surface area (Å²) in [6.07, 6.45) is 0. The number of nitro groups is 1. The van der Waals surface area contributed by atoms with Gasteiger partial charge in [-0.2, -0.15) is 0 Å². The molecule has 70 valence electrons. The molecule has 1 aromatic rings. The fraction of sp³-hybridized carbons (Fsp3) is 0.333. The minimum atomic E-state index is -0.658. The monoisotopic (exact) mass is 183 g/mol. The van der Waals surface area contributed by atoms with Gasteiger partial charge in [0.15, 0.2) is 0 Å². The van der Waals surface area contributed by atoms with Gasteiger partial charge in [-0.05, 0) is 30.5 Å². The van der Waals surface area contributed by atoms with Crippen LogP contribution in [0.15, 0.2) is 12.1 Å². The molecule has 0 spiro atoms. The molecule has 0 amide bonds. The summed E-state index contributed by atoms with van der Waals surface area (Å²) in [7, 11) is 0. The van der Waals surface area contributed by atoms with Crippen LogP contribution in [-0.2, 0) is 6.67 Å². The second kappa shape index (κ2) is 3.51. The van der Waals surface area contributed by atoms with E-state index in [2.05, 4.69) is 0 Å². The normalized spacial score (nSPS) is 10.1. The lowest BCUT2D eigenvalue weighted by atomic mass is 10.0. The molecule has 0 saturated carbocycles. The Morgan fingerprint density at radius 3 is 2.54 bits per heavy atom. The van der Waals surface area contributed by atoms with Crippen LogP contribution < -0.4 is 0 Å². The van der Waals surface area contributed by atoms with Gasteiger partial charge in [0.05, 0.1) is 4.92 Å². The maximum atomic E-state index is 12.4. The molecule has 0 fully saturated rings. The van der Waals surface area contributed by atoms with Crippen LogP contribution in [0, 0.1) is 24.0 Å². The average molecular weight is 183 g/mol. The molecule has 0 N–H and O–H groups in total. The van der Waals surface area contributed by atoms with E-state index in [1.54, 1.807) is 13.8 Å². The first-order valence-electron chi connectivity index (χ1n) is 3.86. The van der Waals surface area contributed by atoms with Gasteiger partial charge >= 0.3 is 0 Å². The van der Waals surface area contributed by atoms with Crippen LogP contribution >= 0.6 is 0 Å². The minimum absolute atomic E-state index is 0.0456. The number of nitro benzene ring substituents is 1. The van der Waals surface area contributed by atoms with Crippen LogP contribution in [0.5, 0.6) is 0 Å². The first kappa shape index (κ1) is 9.64. The van der Waals surface area contributed by atoms with E-state index in [-0.39, 0.29) is 5.69 Å². The van der Waals surface area contributed by atoms with Crippen molar-refractivity contribution < 1.29 is 9.31 Å². The number of nitrogens with zero attached hydrogens (tertiary/aromatic N) is 1. The number of hydrogen-bond donors (Lipinski definition) is 0. The third kappa shape index (κ3) is 1.83. The fourth-order valence-corrected chi connectivity index (χ4v) is 1.16. The Hall–Kier alpha value is -1.45. The summed E-state index contributed by atoms with van der Waals surface area (Å²) in [6, 6.07) is 2.73. The molecule has 0 bridgehead atoms. The fourth-order valence-electron chi connectivity index (χ4n) is 1.16. The summed E-state index contributed by atoms with van der Waals surface area (Å²) in [5, 5.41) is 10.4. The molecular weight excluding hydrogens is 173 g/mol. The molecule has 0 aliphatic heterocycles. The van der Waals surface area contributed by atoms with E-state index in [1.165, 1.54) is 12.1 Å². The summed E-state index contributed by atoms with van der Waals surface area (Å²) in [5.41, 5.74) is 1.89. The van der Waals surface area contributed by atoms with E-state index in [0.29, 0.717) is 5.56 Å². The lowest BCUT2D eigenvalue weighted by Crippen LogP contribution is -1.95. The highest BCUT2D eigenvalue weighted by molar-refractivity contribution is 5.44. The lowest BCUT2D eigenvalue weighted by Gasteiger charge is -2.04. The number of benzene rings is 1. The maximum absolute atomic E-state index is 12.4. The summed E-state index contributed by atoms with van der Waals surface area (Å²) >= 11 is 0. The Kier molecular flexibility index (Phi) is 2.60. The van der Waals surface area contributed by atoms with Crippen molar-refractivity contribution in [3.05, 3.63) is 38.9 Å². The van der Waals surface area contributed by atoms with Crippen molar-refractivity contribution in [3.8, 4) is 0 Å². The molecule has 1 rings (SSSR count). The maximum Gasteiger partial charge on any atom is 0.270 e. The Morgan fingerprint density at radius 1 is 1.46 bits per heavy atom. The molecule has 0 aliphatic rings. The molecule has 0 saturated heterocycles. The van der Waals surface area contributed by atoms with E-state index in [0.717, 1.165) is 11.1 Å². The quantitative estimate of drug-likeness (QED) is 0.522. The molecule has 0 aromatic heterocycles. The SMILES string of the molecule is Cc1cc([N+](=O)[O-])cc(CF)c1C. The van der Waals surface area contributed by atoms with Crippen molar-refractivity contribution in [1.82, 2.24) is 0 Å². The number of aryl methyl sites for hydroxylation is 1. The van der Waals surface area contributed by atoms with Gasteiger partial charge in [-0.3, -0.25) is 10.1 Å². The van der Waals surface area contributed by atoms with Crippen molar-refractivity contribution in [3.63, 3.8) is 0 Å². The van der Waals surface area contributed by atoms with E-state index in [1.807, 2.05) is 0 Å². The van der Waals surface area contributed by atoms with E-state index in [4.69, 9.17) is 0 Å². The second-order valence-electron chi connectivity index (χ2n) is 2.94. The highest BCUT2D eigenvalue weighted by Gasteiger charge is 2.10. The van der Waals surface area contributed by atoms with Gasteiger partial charge in [0.2, 0.25) is 0 Å². The summed E-state index contributed by atoms with van der Waals surface area (Å²) in [5.74, 6) is 0. The van der Waals surface area contributed by atoms with Gasteiger partial charge < -0.3 is 0 Å². The van der Waals surface area contributed by atoms with Crippen LogP contribution in [-0.4, -0.2) is 4.92 Å². The van der Waals surface area contributed by atoms with E-state index in [9.17, 15) is 14.5 Å². The summed E-state index contributed by atoms with van der Waals surface area (Å²) < 4.78 is 12.4. The Labute approximate surface area is 75.3 Å². The highest BCUT2D eigenvalue weighted by atomic mass is 19.1. The van der Waals surface area contributed by atoms with E-state index < -0.39 is 11.6 Å². The lowest BCUT2D eigenvalue weighted by molar-refractivity contribution is -0.385. The van der Waals surface area contributed by atoms with Crippen molar-refractivity contribution >= 4 is 5.69 Å². The molecule has 4 heteroatoms. The number of rotatable bonds is 2. The van der Waals surface area contributed by atoms with Crippen LogP contribution in [0.1, 0.15) is 16.7 Å². The summed E-state index contributed by atoms with van der Waals surface area (Å²) in [4.78, 5) is 9.91. The zero-order valence-electron chi connectivity index (χ0n) is 7.50. The Balaban J connectivity index is 3.30. The number of non-ortho nitro benzene ring substituents is 1. The Morgan fingerprint density at radius 2 is 2.08 bits per heavy atom. The van der Waals surface area contributed by atoms with Gasteiger partial charge in [-0.25, -0.2) is 4.39 Å². The molecule has 0 radical (unpaired) electrons. The average Bonchev–Trinajstić information content (AvgIpc) is 2.09. The van der Waals surface area contributed by atoms with Gasteiger partial charge in [0, 0.05) is 12.1 Å². The molecule has 0 atom stereocenters. The van der Waals surface area contributed by atoms with Crippen LogP contribution in [0.2, 0.25) is 0 Å². The topological polar surface area (TPSA) is 43.1 Å². The third-order valence-corrected chi connectivity index (χ3v) is 2.11. The molecule has 13 heavy (non-hydrogen) atoms. The molecule has 0 heterocycles. The van der Waals surface area contributed by atoms with Gasteiger partial charge in [0.1, 0.15) is 6.67 Å². The van der Waals surface area contributed by atoms with Gasteiger partial charge in [-0.15, -0.1) is 0 Å². The van der Waals surface area contributed by atoms with E-state index >= 15 is 0 Å². The minimum Gasteiger partial charge on any atom is -0.258 e. The van der Waals surface area contributed by atoms with Crippen molar-refractivity contribution in [2.75, 3.05) is 0 Å². The predicted octanol–water partition coefficient (Wildman–Crippen LogP) is 2.68. The molecular formula is C9H10FNO2. The highest BCUT2D eigenvalue weighted by Crippen LogP contribution is 2.21. The predicted molar refractivity (Wildman–Crippen MR) is 47.4 cm³/mol. The first-order chi connectivity index (χ1) is 6.06. The summed E-state index contributed by atoms with van der Waals surface area (Å²) in [6.45, 7) is 2.84. The number of alkyl halides is 1. The zero-order valence-corrected chi connectivity index (χ0v) is 7.50. The largest absolute Gasteiger partial charge is 0.270 e. The standard InChI is InChI=1S/C9H10FNO2/c1-6-3-9(11(12)13)4-8(5-10)7(6)2/h3-4H,5H2,1-2H3. The number of halogens is 1. The Bertz CT molecular complexity index is 350. The first-order valence-corrected chi connectivity index (χ1v) is 3.86. The second-order valence-corrected chi connectivity index (χ2v) is 2.94. The number of hydrogen-bond acceptors (Lipinski definition) is 2. The van der Waals surface area contributed by atoms with Crippen LogP contribution in [0.3, 0.4) is 0 Å². The third-order valence-electron chi connectivity index (χ3n) is 2.11. The van der Waals surface area contributed by atoms with Crippen molar-refractivity contribution in [2.24, 2.45) is 0 Å². The molecule has 0 aliphatic carbocycles. The van der Waals surface area contributed by atoms with Gasteiger partial charge in [-0.1, -0.05) is 0 Å².